The van der Waals surface area contributed by atoms with E-state index < -0.39 is 0 Å². The highest BCUT2D eigenvalue weighted by molar-refractivity contribution is 5.70. The second-order valence-corrected chi connectivity index (χ2v) is 4.26. The average Bonchev–Trinajstić information content (AvgIpc) is 2.41. The van der Waals surface area contributed by atoms with Crippen LogP contribution in [0.3, 0.4) is 0 Å². The van der Waals surface area contributed by atoms with E-state index in [9.17, 15) is 0 Å². The van der Waals surface area contributed by atoms with Crippen molar-refractivity contribution >= 4 is 11.5 Å². The molecule has 2 heterocycles. The van der Waals surface area contributed by atoms with Crippen LogP contribution in [-0.4, -0.2) is 54.3 Å². The predicted octanol–water partition coefficient (Wildman–Crippen LogP) is -0.350. The summed E-state index contributed by atoms with van der Waals surface area (Å²) in [6.45, 7) is 4.26. The van der Waals surface area contributed by atoms with E-state index in [1.807, 2.05) is 0 Å². The van der Waals surface area contributed by atoms with Crippen molar-refractivity contribution in [3.8, 4) is 6.07 Å². The standard InChI is InChI=1S/C12H17N5O/c13-9-10-1-2-15-12(11(10)14)17-5-3-16(4-6-17)7-8-18/h1-2,18H,3-8,14H2. The molecular formula is C12H17N5O. The first-order valence-electron chi connectivity index (χ1n) is 5.99. The van der Waals surface area contributed by atoms with Crippen LogP contribution in [0.1, 0.15) is 5.56 Å². The molecule has 0 unspecified atom stereocenters. The lowest BCUT2D eigenvalue weighted by molar-refractivity contribution is 0.188. The minimum absolute atomic E-state index is 0.185. The number of nitrogens with zero attached hydrogens (tertiary/aromatic N) is 4. The second kappa shape index (κ2) is 5.67. The first-order valence-corrected chi connectivity index (χ1v) is 5.99. The third kappa shape index (κ3) is 2.53. The zero-order valence-electron chi connectivity index (χ0n) is 10.2. The molecule has 0 spiro atoms. The number of hydrogen-bond acceptors (Lipinski definition) is 6. The fourth-order valence-corrected chi connectivity index (χ4v) is 2.14. The molecule has 1 aliphatic rings. The Labute approximate surface area is 106 Å². The van der Waals surface area contributed by atoms with Crippen molar-refractivity contribution in [1.29, 1.82) is 5.26 Å². The summed E-state index contributed by atoms with van der Waals surface area (Å²) < 4.78 is 0. The molecular weight excluding hydrogens is 230 g/mol. The van der Waals surface area contributed by atoms with Crippen LogP contribution in [-0.2, 0) is 0 Å². The number of pyridine rings is 1. The summed E-state index contributed by atoms with van der Waals surface area (Å²) in [5.74, 6) is 0.692. The molecule has 1 aromatic rings. The Kier molecular flexibility index (Phi) is 3.97. The van der Waals surface area contributed by atoms with Crippen molar-refractivity contribution < 1.29 is 5.11 Å². The number of piperazine rings is 1. The molecule has 0 radical (unpaired) electrons. The lowest BCUT2D eigenvalue weighted by atomic mass is 10.2. The summed E-state index contributed by atoms with van der Waals surface area (Å²) in [6.07, 6.45) is 1.62. The van der Waals surface area contributed by atoms with E-state index in [1.54, 1.807) is 12.3 Å². The van der Waals surface area contributed by atoms with E-state index >= 15 is 0 Å². The van der Waals surface area contributed by atoms with Gasteiger partial charge in [-0.05, 0) is 6.07 Å². The average molecular weight is 247 g/mol. The monoisotopic (exact) mass is 247 g/mol. The summed E-state index contributed by atoms with van der Waals surface area (Å²) in [4.78, 5) is 8.55. The van der Waals surface area contributed by atoms with Gasteiger partial charge in [0, 0.05) is 38.9 Å². The minimum atomic E-state index is 0.185. The minimum Gasteiger partial charge on any atom is -0.395 e. The van der Waals surface area contributed by atoms with Crippen molar-refractivity contribution in [3.63, 3.8) is 0 Å². The van der Waals surface area contributed by atoms with E-state index in [0.717, 1.165) is 26.2 Å². The highest BCUT2D eigenvalue weighted by Crippen LogP contribution is 2.24. The molecule has 1 aliphatic heterocycles. The maximum Gasteiger partial charge on any atom is 0.153 e. The summed E-state index contributed by atoms with van der Waals surface area (Å²) in [5.41, 5.74) is 6.86. The van der Waals surface area contributed by atoms with Crippen LogP contribution < -0.4 is 10.6 Å². The summed E-state index contributed by atoms with van der Waals surface area (Å²) in [7, 11) is 0. The lowest BCUT2D eigenvalue weighted by Crippen LogP contribution is -2.47. The van der Waals surface area contributed by atoms with E-state index in [-0.39, 0.29) is 6.61 Å². The number of β-amino-alcohol motifs (C(OH)–C–C–N with tert-alkyl or cyclic N) is 1. The quantitative estimate of drug-likeness (QED) is 0.759. The molecule has 18 heavy (non-hydrogen) atoms. The number of aromatic nitrogens is 1. The van der Waals surface area contributed by atoms with Gasteiger partial charge in [-0.15, -0.1) is 0 Å². The largest absolute Gasteiger partial charge is 0.395 e. The lowest BCUT2D eigenvalue weighted by Gasteiger charge is -2.35. The van der Waals surface area contributed by atoms with Crippen LogP contribution >= 0.6 is 0 Å². The van der Waals surface area contributed by atoms with Gasteiger partial charge in [0.05, 0.1) is 17.9 Å². The first kappa shape index (κ1) is 12.6. The van der Waals surface area contributed by atoms with E-state index in [4.69, 9.17) is 16.1 Å². The Morgan fingerprint density at radius 1 is 1.39 bits per heavy atom. The van der Waals surface area contributed by atoms with Gasteiger partial charge >= 0.3 is 0 Å². The molecule has 0 bridgehead atoms. The molecule has 1 saturated heterocycles. The zero-order valence-corrected chi connectivity index (χ0v) is 10.2. The van der Waals surface area contributed by atoms with Crippen LogP contribution in [0, 0.1) is 11.3 Å². The molecule has 6 nitrogen and oxygen atoms in total. The summed E-state index contributed by atoms with van der Waals surface area (Å²) >= 11 is 0. The Balaban J connectivity index is 2.08. The van der Waals surface area contributed by atoms with Crippen molar-refractivity contribution in [2.75, 3.05) is 50.0 Å². The summed E-state index contributed by atoms with van der Waals surface area (Å²) in [6, 6.07) is 3.69. The van der Waals surface area contributed by atoms with Crippen molar-refractivity contribution in [2.45, 2.75) is 0 Å². The van der Waals surface area contributed by atoms with Crippen molar-refractivity contribution in [3.05, 3.63) is 17.8 Å². The fraction of sp³-hybridized carbons (Fsp3) is 0.500. The SMILES string of the molecule is N#Cc1ccnc(N2CCN(CCO)CC2)c1N. The Morgan fingerprint density at radius 2 is 2.11 bits per heavy atom. The molecule has 1 aromatic heterocycles. The third-order valence-corrected chi connectivity index (χ3v) is 3.18. The van der Waals surface area contributed by atoms with Gasteiger partial charge < -0.3 is 15.7 Å². The van der Waals surface area contributed by atoms with E-state index in [2.05, 4.69) is 20.9 Å². The smallest absolute Gasteiger partial charge is 0.153 e. The third-order valence-electron chi connectivity index (χ3n) is 3.18. The molecule has 0 aliphatic carbocycles. The van der Waals surface area contributed by atoms with Gasteiger partial charge in [-0.3, -0.25) is 4.90 Å². The molecule has 6 heteroatoms. The number of nitrogens with two attached hydrogens (primary N) is 1. The number of rotatable bonds is 3. The molecule has 0 aromatic carbocycles. The van der Waals surface area contributed by atoms with Crippen LogP contribution in [0.25, 0.3) is 0 Å². The normalized spacial score (nSPS) is 16.6. The molecule has 0 saturated carbocycles. The predicted molar refractivity (Wildman–Crippen MR) is 69.1 cm³/mol. The molecule has 2 rings (SSSR count). The Bertz CT molecular complexity index is 448. The Hall–Kier alpha value is -1.84. The first-order chi connectivity index (χ1) is 8.76. The van der Waals surface area contributed by atoms with Gasteiger partial charge in [-0.25, -0.2) is 4.98 Å². The number of aliphatic hydroxyl groups is 1. The number of nitriles is 1. The van der Waals surface area contributed by atoms with Crippen molar-refractivity contribution in [2.24, 2.45) is 0 Å². The molecule has 96 valence electrons. The Morgan fingerprint density at radius 3 is 2.72 bits per heavy atom. The summed E-state index contributed by atoms with van der Waals surface area (Å²) in [5, 5.41) is 17.8. The van der Waals surface area contributed by atoms with Crippen LogP contribution in [0.4, 0.5) is 11.5 Å². The van der Waals surface area contributed by atoms with Crippen LogP contribution in [0.2, 0.25) is 0 Å². The second-order valence-electron chi connectivity index (χ2n) is 4.26. The van der Waals surface area contributed by atoms with Crippen LogP contribution in [0.15, 0.2) is 12.3 Å². The zero-order chi connectivity index (χ0) is 13.0. The number of anilines is 2. The highest BCUT2D eigenvalue weighted by atomic mass is 16.3. The van der Waals surface area contributed by atoms with Gasteiger partial charge in [0.1, 0.15) is 6.07 Å². The highest BCUT2D eigenvalue weighted by Gasteiger charge is 2.20. The molecule has 3 N–H and O–H groups in total. The fourth-order valence-electron chi connectivity index (χ4n) is 2.14. The topological polar surface area (TPSA) is 89.4 Å². The van der Waals surface area contributed by atoms with Crippen LogP contribution in [0.5, 0.6) is 0 Å². The molecule has 1 fully saturated rings. The van der Waals surface area contributed by atoms with Gasteiger partial charge in [0.15, 0.2) is 5.82 Å². The van der Waals surface area contributed by atoms with Gasteiger partial charge in [0.25, 0.3) is 0 Å². The number of hydrogen-bond donors (Lipinski definition) is 2. The molecule has 0 atom stereocenters. The van der Waals surface area contributed by atoms with E-state index in [0.29, 0.717) is 23.6 Å². The maximum absolute atomic E-state index is 8.94. The number of nitrogen functional groups attached to an aromatic ring is 1. The van der Waals surface area contributed by atoms with E-state index in [1.165, 1.54) is 0 Å². The van der Waals surface area contributed by atoms with Gasteiger partial charge in [-0.1, -0.05) is 0 Å². The van der Waals surface area contributed by atoms with Gasteiger partial charge in [0.2, 0.25) is 0 Å². The molecule has 0 amide bonds. The number of aliphatic hydroxyl groups excluding tert-OH is 1. The van der Waals surface area contributed by atoms with Crippen molar-refractivity contribution in [1.82, 2.24) is 9.88 Å². The van der Waals surface area contributed by atoms with Gasteiger partial charge in [-0.2, -0.15) is 5.26 Å². The maximum atomic E-state index is 8.94.